The van der Waals surface area contributed by atoms with Crippen LogP contribution in [0, 0.1) is 11.6 Å². The number of hydrogen-bond acceptors (Lipinski definition) is 2. The summed E-state index contributed by atoms with van der Waals surface area (Å²) >= 11 is 0. The maximum absolute atomic E-state index is 13.2. The SMILES string of the molecule is O=[S@@](Cc1ccc(-n2cccn2)cc1)c1ccc(F)c(F)c1. The van der Waals surface area contributed by atoms with Gasteiger partial charge in [-0.25, -0.2) is 13.5 Å². The second-order valence-electron chi connectivity index (χ2n) is 4.68. The Morgan fingerprint density at radius 1 is 1.05 bits per heavy atom. The summed E-state index contributed by atoms with van der Waals surface area (Å²) in [5, 5.41) is 4.12. The molecule has 1 aromatic heterocycles. The molecule has 3 rings (SSSR count). The Morgan fingerprint density at radius 2 is 1.82 bits per heavy atom. The molecule has 1 atom stereocenters. The summed E-state index contributed by atoms with van der Waals surface area (Å²) in [7, 11) is -1.43. The number of aromatic nitrogens is 2. The summed E-state index contributed by atoms with van der Waals surface area (Å²) < 4.78 is 40.0. The van der Waals surface area contributed by atoms with Gasteiger partial charge in [0.1, 0.15) is 0 Å². The minimum Gasteiger partial charge on any atom is -0.254 e. The van der Waals surface area contributed by atoms with Gasteiger partial charge in [-0.15, -0.1) is 0 Å². The molecule has 22 heavy (non-hydrogen) atoms. The fourth-order valence-corrected chi connectivity index (χ4v) is 3.14. The van der Waals surface area contributed by atoms with Crippen LogP contribution in [0.2, 0.25) is 0 Å². The molecule has 0 saturated heterocycles. The first-order valence-electron chi connectivity index (χ1n) is 6.56. The van der Waals surface area contributed by atoms with Crippen molar-refractivity contribution in [1.82, 2.24) is 9.78 Å². The van der Waals surface area contributed by atoms with E-state index in [-0.39, 0.29) is 10.6 Å². The predicted molar refractivity (Wildman–Crippen MR) is 80.0 cm³/mol. The molecule has 0 N–H and O–H groups in total. The summed E-state index contributed by atoms with van der Waals surface area (Å²) in [5.41, 5.74) is 1.74. The van der Waals surface area contributed by atoms with Gasteiger partial charge in [0.05, 0.1) is 22.2 Å². The zero-order valence-electron chi connectivity index (χ0n) is 11.4. The normalized spacial score (nSPS) is 12.3. The summed E-state index contributed by atoms with van der Waals surface area (Å²) in [5.74, 6) is -1.69. The van der Waals surface area contributed by atoms with Crippen LogP contribution in [0.4, 0.5) is 8.78 Å². The maximum atomic E-state index is 13.2. The molecule has 3 nitrogen and oxygen atoms in total. The van der Waals surface area contributed by atoms with Gasteiger partial charge in [0.2, 0.25) is 0 Å². The Morgan fingerprint density at radius 3 is 2.45 bits per heavy atom. The second-order valence-corrected chi connectivity index (χ2v) is 6.13. The molecule has 0 radical (unpaired) electrons. The molecule has 0 aliphatic heterocycles. The van der Waals surface area contributed by atoms with Gasteiger partial charge >= 0.3 is 0 Å². The fourth-order valence-electron chi connectivity index (χ4n) is 2.02. The molecule has 0 saturated carbocycles. The molecule has 0 spiro atoms. The first-order valence-corrected chi connectivity index (χ1v) is 7.88. The molecule has 2 aromatic carbocycles. The molecule has 3 aromatic rings. The van der Waals surface area contributed by atoms with Crippen molar-refractivity contribution in [3.8, 4) is 5.69 Å². The zero-order valence-corrected chi connectivity index (χ0v) is 12.3. The van der Waals surface area contributed by atoms with Gasteiger partial charge in [-0.2, -0.15) is 5.10 Å². The molecule has 0 fully saturated rings. The van der Waals surface area contributed by atoms with Gasteiger partial charge in [0, 0.05) is 17.3 Å². The highest BCUT2D eigenvalue weighted by Gasteiger charge is 2.09. The largest absolute Gasteiger partial charge is 0.254 e. The van der Waals surface area contributed by atoms with Crippen molar-refractivity contribution in [2.75, 3.05) is 0 Å². The van der Waals surface area contributed by atoms with Crippen LogP contribution in [0.15, 0.2) is 65.8 Å². The van der Waals surface area contributed by atoms with Gasteiger partial charge in [0.25, 0.3) is 0 Å². The van der Waals surface area contributed by atoms with Crippen molar-refractivity contribution in [3.05, 3.63) is 78.1 Å². The molecule has 0 aliphatic rings. The zero-order chi connectivity index (χ0) is 15.5. The highest BCUT2D eigenvalue weighted by molar-refractivity contribution is 7.84. The quantitative estimate of drug-likeness (QED) is 0.738. The van der Waals surface area contributed by atoms with Crippen molar-refractivity contribution >= 4 is 10.8 Å². The lowest BCUT2D eigenvalue weighted by atomic mass is 10.2. The Kier molecular flexibility index (Phi) is 4.11. The van der Waals surface area contributed by atoms with E-state index in [1.54, 1.807) is 10.9 Å². The fraction of sp³-hybridized carbons (Fsp3) is 0.0625. The van der Waals surface area contributed by atoms with Crippen LogP contribution in [0.5, 0.6) is 0 Å². The predicted octanol–water partition coefficient (Wildman–Crippen LogP) is 3.46. The third kappa shape index (κ3) is 3.12. The molecule has 0 aliphatic carbocycles. The number of hydrogen-bond donors (Lipinski definition) is 0. The van der Waals surface area contributed by atoms with E-state index < -0.39 is 22.4 Å². The van der Waals surface area contributed by atoms with Gasteiger partial charge in [-0.05, 0) is 42.0 Å². The monoisotopic (exact) mass is 318 g/mol. The molecular formula is C16H12F2N2OS. The minimum atomic E-state index is -1.43. The van der Waals surface area contributed by atoms with E-state index in [1.807, 2.05) is 36.5 Å². The van der Waals surface area contributed by atoms with E-state index >= 15 is 0 Å². The lowest BCUT2D eigenvalue weighted by molar-refractivity contribution is 0.505. The van der Waals surface area contributed by atoms with Crippen LogP contribution in [-0.2, 0) is 16.6 Å². The van der Waals surface area contributed by atoms with Crippen molar-refractivity contribution in [2.45, 2.75) is 10.6 Å². The Hall–Kier alpha value is -2.34. The number of nitrogens with zero attached hydrogens (tertiary/aromatic N) is 2. The average molecular weight is 318 g/mol. The Labute approximate surface area is 128 Å². The van der Waals surface area contributed by atoms with Crippen LogP contribution in [0.3, 0.4) is 0 Å². The van der Waals surface area contributed by atoms with E-state index in [0.717, 1.165) is 23.4 Å². The Bertz CT molecular complexity index is 802. The average Bonchev–Trinajstić information content (AvgIpc) is 3.05. The number of benzene rings is 2. The van der Waals surface area contributed by atoms with Crippen LogP contribution in [0.25, 0.3) is 5.69 Å². The highest BCUT2D eigenvalue weighted by Crippen LogP contribution is 2.17. The van der Waals surface area contributed by atoms with E-state index in [1.165, 1.54) is 6.07 Å². The highest BCUT2D eigenvalue weighted by atomic mass is 32.2. The van der Waals surface area contributed by atoms with Gasteiger partial charge < -0.3 is 0 Å². The van der Waals surface area contributed by atoms with Gasteiger partial charge in [-0.3, -0.25) is 4.21 Å². The Balaban J connectivity index is 1.75. The first-order chi connectivity index (χ1) is 10.6. The van der Waals surface area contributed by atoms with E-state index in [9.17, 15) is 13.0 Å². The van der Waals surface area contributed by atoms with E-state index in [2.05, 4.69) is 5.10 Å². The lowest BCUT2D eigenvalue weighted by Gasteiger charge is -2.05. The molecule has 0 bridgehead atoms. The van der Waals surface area contributed by atoms with Crippen LogP contribution < -0.4 is 0 Å². The van der Waals surface area contributed by atoms with Crippen molar-refractivity contribution in [1.29, 1.82) is 0 Å². The summed E-state index contributed by atoms with van der Waals surface area (Å²) in [6.45, 7) is 0. The van der Waals surface area contributed by atoms with Crippen molar-refractivity contribution in [3.63, 3.8) is 0 Å². The van der Waals surface area contributed by atoms with Crippen LogP contribution in [0.1, 0.15) is 5.56 Å². The summed E-state index contributed by atoms with van der Waals surface area (Å²) in [4.78, 5) is 0.273. The van der Waals surface area contributed by atoms with E-state index in [4.69, 9.17) is 0 Å². The summed E-state index contributed by atoms with van der Waals surface area (Å²) in [6.07, 6.45) is 3.51. The summed E-state index contributed by atoms with van der Waals surface area (Å²) in [6, 6.07) is 12.5. The topological polar surface area (TPSA) is 34.9 Å². The molecule has 1 heterocycles. The number of rotatable bonds is 4. The third-order valence-electron chi connectivity index (χ3n) is 3.16. The molecular weight excluding hydrogens is 306 g/mol. The standard InChI is InChI=1S/C16H12F2N2OS/c17-15-7-6-14(10-16(15)18)22(21)11-12-2-4-13(5-3-12)20-9-1-8-19-20/h1-10H,11H2/t22-/m0/s1. The third-order valence-corrected chi connectivity index (χ3v) is 4.53. The van der Waals surface area contributed by atoms with Crippen molar-refractivity contribution in [2.24, 2.45) is 0 Å². The second kappa shape index (κ2) is 6.19. The molecule has 0 amide bonds. The van der Waals surface area contributed by atoms with Crippen LogP contribution >= 0.6 is 0 Å². The van der Waals surface area contributed by atoms with Gasteiger partial charge in [0.15, 0.2) is 11.6 Å². The van der Waals surface area contributed by atoms with Gasteiger partial charge in [-0.1, -0.05) is 12.1 Å². The minimum absolute atomic E-state index is 0.241. The first kappa shape index (κ1) is 14.6. The van der Waals surface area contributed by atoms with E-state index in [0.29, 0.717) is 0 Å². The smallest absolute Gasteiger partial charge is 0.160 e. The molecule has 112 valence electrons. The van der Waals surface area contributed by atoms with Crippen molar-refractivity contribution < 1.29 is 13.0 Å². The molecule has 6 heteroatoms. The lowest BCUT2D eigenvalue weighted by Crippen LogP contribution is -1.99. The number of halogens is 2. The molecule has 0 unspecified atom stereocenters. The van der Waals surface area contributed by atoms with Crippen LogP contribution in [-0.4, -0.2) is 14.0 Å². The maximum Gasteiger partial charge on any atom is 0.160 e.